The Morgan fingerprint density at radius 3 is 2.50 bits per heavy atom. The first kappa shape index (κ1) is 13.9. The van der Waals surface area contributed by atoms with Crippen LogP contribution in [-0.4, -0.2) is 35.6 Å². The van der Waals surface area contributed by atoms with Gasteiger partial charge in [-0.15, -0.1) is 0 Å². The van der Waals surface area contributed by atoms with Crippen LogP contribution in [0.3, 0.4) is 0 Å². The van der Waals surface area contributed by atoms with E-state index in [-0.39, 0.29) is 17.4 Å². The monoisotopic (exact) mass is 293 g/mol. The molecule has 0 heterocycles. The van der Waals surface area contributed by atoms with Crippen molar-refractivity contribution in [1.29, 1.82) is 0 Å². The van der Waals surface area contributed by atoms with Crippen LogP contribution in [0.15, 0.2) is 24.3 Å². The number of amides is 1. The van der Waals surface area contributed by atoms with Gasteiger partial charge < -0.3 is 10.0 Å². The molecule has 3 rings (SSSR count). The molecule has 1 N–H and O–H groups in total. The second-order valence-corrected chi connectivity index (χ2v) is 6.62. The molecule has 20 heavy (non-hydrogen) atoms. The van der Waals surface area contributed by atoms with Crippen LogP contribution in [-0.2, 0) is 10.2 Å². The molecule has 4 heteroatoms. The van der Waals surface area contributed by atoms with Crippen LogP contribution in [0.1, 0.15) is 31.2 Å². The lowest BCUT2D eigenvalue weighted by Crippen LogP contribution is -2.41. The zero-order valence-corrected chi connectivity index (χ0v) is 12.4. The van der Waals surface area contributed by atoms with Crippen molar-refractivity contribution in [2.45, 2.75) is 37.2 Å². The number of carbonyl (C=O) groups is 1. The summed E-state index contributed by atoms with van der Waals surface area (Å²) >= 11 is 5.91. The average molecular weight is 294 g/mol. The highest BCUT2D eigenvalue weighted by Gasteiger charge is 2.52. The third-order valence-corrected chi connectivity index (χ3v) is 4.78. The Labute approximate surface area is 124 Å². The van der Waals surface area contributed by atoms with Crippen LogP contribution in [0.25, 0.3) is 0 Å². The summed E-state index contributed by atoms with van der Waals surface area (Å²) in [5.41, 5.74) is 0.669. The molecule has 1 aromatic carbocycles. The molecule has 1 aromatic rings. The number of hydrogen-bond donors (Lipinski definition) is 1. The number of rotatable bonds is 5. The van der Waals surface area contributed by atoms with Gasteiger partial charge in [-0.3, -0.25) is 4.79 Å². The molecule has 2 saturated carbocycles. The number of carbonyl (C=O) groups excluding carboxylic acids is 1. The summed E-state index contributed by atoms with van der Waals surface area (Å²) < 4.78 is 0. The zero-order chi connectivity index (χ0) is 14.3. The molecular formula is C16H20ClNO2. The third kappa shape index (κ3) is 2.57. The smallest absolute Gasteiger partial charge is 0.233 e. The maximum atomic E-state index is 12.7. The number of aliphatic hydroxyl groups is 1. The Bertz CT molecular complexity index is 506. The van der Waals surface area contributed by atoms with Gasteiger partial charge in [0.25, 0.3) is 0 Å². The van der Waals surface area contributed by atoms with E-state index in [2.05, 4.69) is 0 Å². The van der Waals surface area contributed by atoms with Gasteiger partial charge in [-0.05, 0) is 49.3 Å². The van der Waals surface area contributed by atoms with Crippen molar-refractivity contribution in [2.75, 3.05) is 13.6 Å². The largest absolute Gasteiger partial charge is 0.391 e. The molecular weight excluding hydrogens is 274 g/mol. The fourth-order valence-corrected chi connectivity index (χ4v) is 3.00. The fourth-order valence-electron chi connectivity index (χ4n) is 2.88. The van der Waals surface area contributed by atoms with Crippen LogP contribution in [0.5, 0.6) is 0 Å². The maximum Gasteiger partial charge on any atom is 0.233 e. The molecule has 108 valence electrons. The van der Waals surface area contributed by atoms with Gasteiger partial charge in [0, 0.05) is 18.6 Å². The number of likely N-dealkylation sites (N-methyl/N-ethyl adjacent to an activating group) is 1. The van der Waals surface area contributed by atoms with E-state index in [0.717, 1.165) is 31.2 Å². The van der Waals surface area contributed by atoms with E-state index in [1.165, 1.54) is 0 Å². The minimum absolute atomic E-state index is 0.125. The normalized spacial score (nSPS) is 21.4. The first-order valence-electron chi connectivity index (χ1n) is 7.22. The van der Waals surface area contributed by atoms with E-state index in [0.29, 0.717) is 17.5 Å². The Morgan fingerprint density at radius 1 is 1.40 bits per heavy atom. The van der Waals surface area contributed by atoms with E-state index in [9.17, 15) is 9.90 Å². The summed E-state index contributed by atoms with van der Waals surface area (Å²) in [7, 11) is 1.80. The van der Waals surface area contributed by atoms with E-state index in [1.54, 1.807) is 11.9 Å². The fraction of sp³-hybridized carbons (Fsp3) is 0.562. The summed E-state index contributed by atoms with van der Waals surface area (Å²) in [6, 6.07) is 7.56. The van der Waals surface area contributed by atoms with Crippen molar-refractivity contribution in [3.8, 4) is 0 Å². The first-order valence-corrected chi connectivity index (χ1v) is 7.60. The topological polar surface area (TPSA) is 40.5 Å². The van der Waals surface area contributed by atoms with Crippen molar-refractivity contribution in [1.82, 2.24) is 4.90 Å². The van der Waals surface area contributed by atoms with Crippen molar-refractivity contribution >= 4 is 17.5 Å². The SMILES string of the molecule is CN(CC(O)C1CC1)C(=O)C1(c2ccc(Cl)cc2)CC1. The van der Waals surface area contributed by atoms with Crippen LogP contribution in [0, 0.1) is 5.92 Å². The van der Waals surface area contributed by atoms with Crippen molar-refractivity contribution in [3.63, 3.8) is 0 Å². The molecule has 0 aliphatic heterocycles. The highest BCUT2D eigenvalue weighted by molar-refractivity contribution is 6.30. The van der Waals surface area contributed by atoms with Gasteiger partial charge in [-0.25, -0.2) is 0 Å². The molecule has 2 aliphatic rings. The molecule has 3 nitrogen and oxygen atoms in total. The van der Waals surface area contributed by atoms with Gasteiger partial charge in [-0.1, -0.05) is 23.7 Å². The molecule has 2 fully saturated rings. The first-order chi connectivity index (χ1) is 9.53. The van der Waals surface area contributed by atoms with Crippen molar-refractivity contribution < 1.29 is 9.90 Å². The minimum atomic E-state index is -0.372. The molecule has 1 atom stereocenters. The number of aliphatic hydroxyl groups excluding tert-OH is 1. The minimum Gasteiger partial charge on any atom is -0.391 e. The Balaban J connectivity index is 1.70. The van der Waals surface area contributed by atoms with Gasteiger partial charge in [0.05, 0.1) is 11.5 Å². The van der Waals surface area contributed by atoms with Gasteiger partial charge in [0.2, 0.25) is 5.91 Å². The standard InChI is InChI=1S/C16H20ClNO2/c1-18(10-14(19)11-2-3-11)15(20)16(8-9-16)12-4-6-13(17)7-5-12/h4-7,11,14,19H,2-3,8-10H2,1H3. The average Bonchev–Trinajstić information content (AvgIpc) is 3.29. The molecule has 1 unspecified atom stereocenters. The van der Waals surface area contributed by atoms with Crippen molar-refractivity contribution in [2.24, 2.45) is 5.92 Å². The van der Waals surface area contributed by atoms with E-state index in [4.69, 9.17) is 11.6 Å². The lowest BCUT2D eigenvalue weighted by atomic mass is 9.94. The molecule has 0 bridgehead atoms. The highest BCUT2D eigenvalue weighted by atomic mass is 35.5. The van der Waals surface area contributed by atoms with Gasteiger partial charge in [-0.2, -0.15) is 0 Å². The molecule has 2 aliphatic carbocycles. The predicted molar refractivity (Wildman–Crippen MR) is 78.7 cm³/mol. The molecule has 0 aromatic heterocycles. The molecule has 0 radical (unpaired) electrons. The van der Waals surface area contributed by atoms with Gasteiger partial charge >= 0.3 is 0 Å². The zero-order valence-electron chi connectivity index (χ0n) is 11.7. The van der Waals surface area contributed by atoms with Gasteiger partial charge in [0.15, 0.2) is 0 Å². The summed E-state index contributed by atoms with van der Waals surface area (Å²) in [4.78, 5) is 14.4. The molecule has 0 saturated heterocycles. The molecule has 0 spiro atoms. The Morgan fingerprint density at radius 2 is 2.00 bits per heavy atom. The number of halogens is 1. The number of nitrogens with zero attached hydrogens (tertiary/aromatic N) is 1. The Kier molecular flexibility index (Phi) is 3.51. The quantitative estimate of drug-likeness (QED) is 0.906. The summed E-state index contributed by atoms with van der Waals surface area (Å²) in [5, 5.41) is 10.7. The van der Waals surface area contributed by atoms with Crippen LogP contribution >= 0.6 is 11.6 Å². The Hall–Kier alpha value is -1.06. The number of benzene rings is 1. The van der Waals surface area contributed by atoms with Crippen LogP contribution in [0.4, 0.5) is 0 Å². The van der Waals surface area contributed by atoms with Crippen LogP contribution in [0.2, 0.25) is 5.02 Å². The second-order valence-electron chi connectivity index (χ2n) is 6.18. The predicted octanol–water partition coefficient (Wildman–Crippen LogP) is 2.60. The number of hydrogen-bond acceptors (Lipinski definition) is 2. The second kappa shape index (κ2) is 5.05. The highest BCUT2D eigenvalue weighted by Crippen LogP contribution is 2.49. The summed E-state index contributed by atoms with van der Waals surface area (Å²) in [6.07, 6.45) is 3.58. The maximum absolute atomic E-state index is 12.7. The molecule has 1 amide bonds. The van der Waals surface area contributed by atoms with Gasteiger partial charge in [0.1, 0.15) is 0 Å². The third-order valence-electron chi connectivity index (χ3n) is 4.53. The van der Waals surface area contributed by atoms with E-state index >= 15 is 0 Å². The van der Waals surface area contributed by atoms with Crippen molar-refractivity contribution in [3.05, 3.63) is 34.9 Å². The van der Waals surface area contributed by atoms with E-state index < -0.39 is 0 Å². The summed E-state index contributed by atoms with van der Waals surface area (Å²) in [6.45, 7) is 0.443. The van der Waals surface area contributed by atoms with Crippen LogP contribution < -0.4 is 0 Å². The van der Waals surface area contributed by atoms with E-state index in [1.807, 2.05) is 24.3 Å². The summed E-state index contributed by atoms with van der Waals surface area (Å²) in [5.74, 6) is 0.524. The lowest BCUT2D eigenvalue weighted by Gasteiger charge is -2.26. The lowest BCUT2D eigenvalue weighted by molar-refractivity contribution is -0.134.